The second-order valence-corrected chi connectivity index (χ2v) is 5.07. The number of fused-ring (bicyclic) bond motifs is 1. The minimum absolute atomic E-state index is 0.190. The van der Waals surface area contributed by atoms with E-state index in [0.29, 0.717) is 17.2 Å². The molecule has 1 unspecified atom stereocenters. The molecule has 0 saturated carbocycles. The summed E-state index contributed by atoms with van der Waals surface area (Å²) in [5.41, 5.74) is 7.26. The zero-order valence-electron chi connectivity index (χ0n) is 11.3. The van der Waals surface area contributed by atoms with E-state index in [0.717, 1.165) is 5.56 Å². The van der Waals surface area contributed by atoms with Gasteiger partial charge < -0.3 is 15.8 Å². The first kappa shape index (κ1) is 12.7. The van der Waals surface area contributed by atoms with Gasteiger partial charge in [-0.1, -0.05) is 6.07 Å². The van der Waals surface area contributed by atoms with E-state index in [2.05, 4.69) is 10.4 Å². The summed E-state index contributed by atoms with van der Waals surface area (Å²) in [6, 6.07) is 5.06. The van der Waals surface area contributed by atoms with E-state index in [1.54, 1.807) is 24.4 Å². The fraction of sp³-hybridized carbons (Fsp3) is 0.286. The van der Waals surface area contributed by atoms with Crippen LogP contribution >= 0.6 is 0 Å². The van der Waals surface area contributed by atoms with Crippen molar-refractivity contribution in [3.8, 4) is 11.5 Å². The lowest BCUT2D eigenvalue weighted by molar-refractivity contribution is -0.116. The predicted octanol–water partition coefficient (Wildman–Crippen LogP) is 2.21. The van der Waals surface area contributed by atoms with Crippen molar-refractivity contribution in [1.29, 1.82) is 0 Å². The quantitative estimate of drug-likeness (QED) is 0.897. The number of nitrogens with two attached hydrogens (primary N) is 1. The number of amides is 1. The number of carbonyl (C=O) groups is 1. The molecule has 2 aromatic rings. The zero-order valence-corrected chi connectivity index (χ0v) is 11.3. The fourth-order valence-electron chi connectivity index (χ4n) is 2.12. The average Bonchev–Trinajstić information content (AvgIpc) is 2.96. The highest BCUT2D eigenvalue weighted by molar-refractivity contribution is 6.02. The van der Waals surface area contributed by atoms with Crippen LogP contribution in [0.4, 0.5) is 5.69 Å². The largest absolute Gasteiger partial charge is 0.454 e. The van der Waals surface area contributed by atoms with Crippen molar-refractivity contribution >= 4 is 11.6 Å². The standard InChI is InChI=1S/C14H16N4O2/c1-8(2)18-7-10(6-16-18)20-9-3-4-11-12(5-9)17-14(19)13(11)15/h3-8,13H,15H2,1-2H3,(H,17,19). The molecule has 0 spiro atoms. The molecular weight excluding hydrogens is 256 g/mol. The van der Waals surface area contributed by atoms with E-state index in [1.807, 2.05) is 24.7 Å². The predicted molar refractivity (Wildman–Crippen MR) is 74.7 cm³/mol. The third kappa shape index (κ3) is 2.14. The molecule has 1 aliphatic rings. The summed E-state index contributed by atoms with van der Waals surface area (Å²) in [4.78, 5) is 11.5. The Morgan fingerprint density at radius 3 is 2.90 bits per heavy atom. The third-order valence-corrected chi connectivity index (χ3v) is 3.24. The minimum Gasteiger partial charge on any atom is -0.454 e. The molecule has 20 heavy (non-hydrogen) atoms. The van der Waals surface area contributed by atoms with Crippen molar-refractivity contribution in [1.82, 2.24) is 9.78 Å². The zero-order chi connectivity index (χ0) is 14.3. The number of hydrogen-bond donors (Lipinski definition) is 2. The summed E-state index contributed by atoms with van der Waals surface area (Å²) >= 11 is 0. The molecule has 1 aromatic heterocycles. The van der Waals surface area contributed by atoms with Gasteiger partial charge in [0, 0.05) is 23.4 Å². The summed E-state index contributed by atoms with van der Waals surface area (Å²) in [7, 11) is 0. The molecule has 0 bridgehead atoms. The maximum absolute atomic E-state index is 11.5. The van der Waals surface area contributed by atoms with Crippen LogP contribution in [0.3, 0.4) is 0 Å². The van der Waals surface area contributed by atoms with Gasteiger partial charge in [-0.2, -0.15) is 5.10 Å². The smallest absolute Gasteiger partial charge is 0.245 e. The molecular formula is C14H16N4O2. The molecule has 0 saturated heterocycles. The van der Waals surface area contributed by atoms with Gasteiger partial charge in [-0.3, -0.25) is 9.48 Å². The van der Waals surface area contributed by atoms with Crippen molar-refractivity contribution in [2.24, 2.45) is 5.73 Å². The first-order valence-corrected chi connectivity index (χ1v) is 6.47. The molecule has 3 rings (SSSR count). The Kier molecular flexibility index (Phi) is 2.94. The average molecular weight is 272 g/mol. The number of rotatable bonds is 3. The Labute approximate surface area is 116 Å². The molecule has 1 aliphatic heterocycles. The molecule has 3 N–H and O–H groups in total. The van der Waals surface area contributed by atoms with Gasteiger partial charge in [-0.05, 0) is 19.9 Å². The SMILES string of the molecule is CC(C)n1cc(Oc2ccc3c(c2)NC(=O)C3N)cn1. The maximum Gasteiger partial charge on any atom is 0.245 e. The van der Waals surface area contributed by atoms with Crippen LogP contribution in [-0.2, 0) is 4.79 Å². The van der Waals surface area contributed by atoms with E-state index >= 15 is 0 Å². The van der Waals surface area contributed by atoms with Crippen molar-refractivity contribution in [2.75, 3.05) is 5.32 Å². The first-order valence-electron chi connectivity index (χ1n) is 6.47. The van der Waals surface area contributed by atoms with Crippen LogP contribution in [-0.4, -0.2) is 15.7 Å². The number of nitrogens with zero attached hydrogens (tertiary/aromatic N) is 2. The summed E-state index contributed by atoms with van der Waals surface area (Å²) in [6.45, 7) is 4.09. The topological polar surface area (TPSA) is 82.2 Å². The molecule has 0 fully saturated rings. The number of aromatic nitrogens is 2. The highest BCUT2D eigenvalue weighted by Crippen LogP contribution is 2.33. The number of ether oxygens (including phenoxy) is 1. The Hall–Kier alpha value is -2.34. The second-order valence-electron chi connectivity index (χ2n) is 5.07. The number of hydrogen-bond acceptors (Lipinski definition) is 4. The first-order chi connectivity index (χ1) is 9.54. The van der Waals surface area contributed by atoms with Gasteiger partial charge in [0.2, 0.25) is 5.91 Å². The monoisotopic (exact) mass is 272 g/mol. The molecule has 6 heteroatoms. The third-order valence-electron chi connectivity index (χ3n) is 3.24. The molecule has 6 nitrogen and oxygen atoms in total. The summed E-state index contributed by atoms with van der Waals surface area (Å²) < 4.78 is 7.55. The summed E-state index contributed by atoms with van der Waals surface area (Å²) in [5, 5.41) is 6.94. The van der Waals surface area contributed by atoms with Crippen molar-refractivity contribution in [2.45, 2.75) is 25.9 Å². The van der Waals surface area contributed by atoms with Gasteiger partial charge in [-0.25, -0.2) is 0 Å². The van der Waals surface area contributed by atoms with E-state index in [4.69, 9.17) is 10.5 Å². The van der Waals surface area contributed by atoms with Gasteiger partial charge >= 0.3 is 0 Å². The lowest BCUT2D eigenvalue weighted by Gasteiger charge is -2.06. The van der Waals surface area contributed by atoms with Gasteiger partial charge in [-0.15, -0.1) is 0 Å². The number of carbonyl (C=O) groups excluding carboxylic acids is 1. The van der Waals surface area contributed by atoms with Crippen LogP contribution in [0, 0.1) is 0 Å². The Bertz CT molecular complexity index is 663. The minimum atomic E-state index is -0.595. The summed E-state index contributed by atoms with van der Waals surface area (Å²) in [6.07, 6.45) is 3.50. The Morgan fingerprint density at radius 2 is 2.20 bits per heavy atom. The van der Waals surface area contributed by atoms with Crippen LogP contribution in [0.1, 0.15) is 31.5 Å². The normalized spacial score (nSPS) is 17.2. The molecule has 0 aliphatic carbocycles. The molecule has 1 atom stereocenters. The Balaban J connectivity index is 1.82. The van der Waals surface area contributed by atoms with Crippen molar-refractivity contribution < 1.29 is 9.53 Å². The lowest BCUT2D eigenvalue weighted by Crippen LogP contribution is -2.19. The van der Waals surface area contributed by atoms with Crippen LogP contribution in [0.15, 0.2) is 30.6 Å². The van der Waals surface area contributed by atoms with E-state index in [-0.39, 0.29) is 11.9 Å². The van der Waals surface area contributed by atoms with E-state index < -0.39 is 6.04 Å². The summed E-state index contributed by atoms with van der Waals surface area (Å²) in [5.74, 6) is 1.11. The molecule has 2 heterocycles. The highest BCUT2D eigenvalue weighted by Gasteiger charge is 2.27. The van der Waals surface area contributed by atoms with Gasteiger partial charge in [0.25, 0.3) is 0 Å². The van der Waals surface area contributed by atoms with Crippen molar-refractivity contribution in [3.05, 3.63) is 36.2 Å². The van der Waals surface area contributed by atoms with Crippen LogP contribution in [0.2, 0.25) is 0 Å². The second kappa shape index (κ2) is 4.64. The lowest BCUT2D eigenvalue weighted by atomic mass is 10.1. The fourth-order valence-corrected chi connectivity index (χ4v) is 2.12. The van der Waals surface area contributed by atoms with Crippen LogP contribution in [0.5, 0.6) is 11.5 Å². The van der Waals surface area contributed by atoms with Crippen LogP contribution in [0.25, 0.3) is 0 Å². The Morgan fingerprint density at radius 1 is 1.40 bits per heavy atom. The van der Waals surface area contributed by atoms with Gasteiger partial charge in [0.05, 0.1) is 12.4 Å². The maximum atomic E-state index is 11.5. The number of anilines is 1. The van der Waals surface area contributed by atoms with E-state index in [1.165, 1.54) is 0 Å². The molecule has 104 valence electrons. The number of benzene rings is 1. The van der Waals surface area contributed by atoms with Crippen molar-refractivity contribution in [3.63, 3.8) is 0 Å². The van der Waals surface area contributed by atoms with Gasteiger partial charge in [0.1, 0.15) is 11.8 Å². The van der Waals surface area contributed by atoms with Gasteiger partial charge in [0.15, 0.2) is 5.75 Å². The van der Waals surface area contributed by atoms with Crippen LogP contribution < -0.4 is 15.8 Å². The molecule has 1 amide bonds. The van der Waals surface area contributed by atoms with E-state index in [9.17, 15) is 4.79 Å². The highest BCUT2D eigenvalue weighted by atomic mass is 16.5. The molecule has 0 radical (unpaired) electrons. The number of nitrogens with one attached hydrogen (secondary N) is 1. The molecule has 1 aromatic carbocycles.